The van der Waals surface area contributed by atoms with Gasteiger partial charge in [-0.15, -0.1) is 0 Å². The van der Waals surface area contributed by atoms with Gasteiger partial charge in [-0.05, 0) is 47.0 Å². The third-order valence-electron chi connectivity index (χ3n) is 6.87. The van der Waals surface area contributed by atoms with Crippen molar-refractivity contribution in [3.8, 4) is 33.8 Å². The van der Waals surface area contributed by atoms with Crippen LogP contribution in [0.1, 0.15) is 11.1 Å². The van der Waals surface area contributed by atoms with Gasteiger partial charge in [0.15, 0.2) is 11.5 Å². The third-order valence-corrected chi connectivity index (χ3v) is 6.87. The van der Waals surface area contributed by atoms with E-state index in [4.69, 9.17) is 4.98 Å². The van der Waals surface area contributed by atoms with Gasteiger partial charge in [0.05, 0.1) is 11.0 Å². The van der Waals surface area contributed by atoms with E-state index >= 15 is 4.39 Å². The fourth-order valence-electron chi connectivity index (χ4n) is 4.91. The van der Waals surface area contributed by atoms with Gasteiger partial charge in [0, 0.05) is 72.2 Å². The van der Waals surface area contributed by atoms with E-state index in [1.54, 1.807) is 37.1 Å². The molecule has 3 N–H and O–H groups in total. The van der Waals surface area contributed by atoms with Crippen molar-refractivity contribution in [2.45, 2.75) is 13.1 Å². The van der Waals surface area contributed by atoms with Gasteiger partial charge in [-0.1, -0.05) is 30.3 Å². The average molecular weight is 527 g/mol. The summed E-state index contributed by atoms with van der Waals surface area (Å²) in [4.78, 5) is 21.0. The number of aromatic nitrogens is 7. The fraction of sp³-hybridized carbons (Fsp3) is 0.0645. The smallest absolute Gasteiger partial charge is 0.178 e. The predicted octanol–water partition coefficient (Wildman–Crippen LogP) is 6.05. The van der Waals surface area contributed by atoms with Crippen LogP contribution < -0.4 is 5.32 Å². The summed E-state index contributed by atoms with van der Waals surface area (Å²) in [5.41, 5.74) is 7.79. The van der Waals surface area contributed by atoms with Crippen LogP contribution in [0.3, 0.4) is 0 Å². The van der Waals surface area contributed by atoms with Crippen LogP contribution in [-0.4, -0.2) is 35.1 Å². The zero-order valence-electron chi connectivity index (χ0n) is 21.3. The fourth-order valence-corrected chi connectivity index (χ4v) is 4.91. The van der Waals surface area contributed by atoms with Crippen molar-refractivity contribution >= 4 is 22.1 Å². The largest absolute Gasteiger partial charge is 0.335 e. The Hall–Kier alpha value is -5.28. The standard InChI is InChI=1S/C31H23FN8/c32-26-14-27-25(13-24(26)22-12-20(17-35-18-22)16-34-15-19-4-2-1-3-5-19)29(40-39-27)31-37-28-23(8-11-36-30(28)38-31)21-6-9-33-10-7-21/h1-14,17-18,34H,15-16H2,(H,39,40)(H,36,37,38). The summed E-state index contributed by atoms with van der Waals surface area (Å²) in [6.45, 7) is 1.35. The number of benzene rings is 2. The van der Waals surface area contributed by atoms with Crippen LogP contribution >= 0.6 is 0 Å². The lowest BCUT2D eigenvalue weighted by molar-refractivity contribution is 0.632. The molecule has 0 bridgehead atoms. The monoisotopic (exact) mass is 526 g/mol. The van der Waals surface area contributed by atoms with E-state index in [9.17, 15) is 0 Å². The highest BCUT2D eigenvalue weighted by Crippen LogP contribution is 2.33. The molecule has 0 fully saturated rings. The molecular formula is C31H23FN8. The Bertz CT molecular complexity index is 1950. The third kappa shape index (κ3) is 4.48. The van der Waals surface area contributed by atoms with Crippen molar-refractivity contribution < 1.29 is 4.39 Å². The average Bonchev–Trinajstić information content (AvgIpc) is 3.61. The molecule has 194 valence electrons. The van der Waals surface area contributed by atoms with Gasteiger partial charge in [-0.25, -0.2) is 14.4 Å². The topological polar surface area (TPSA) is 108 Å². The first-order valence-corrected chi connectivity index (χ1v) is 12.8. The van der Waals surface area contributed by atoms with E-state index in [-0.39, 0.29) is 5.82 Å². The first kappa shape index (κ1) is 23.8. The van der Waals surface area contributed by atoms with E-state index in [1.807, 2.05) is 42.5 Å². The summed E-state index contributed by atoms with van der Waals surface area (Å²) in [5, 5.41) is 11.6. The molecule has 8 nitrogen and oxygen atoms in total. The molecule has 7 rings (SSSR count). The number of fused-ring (bicyclic) bond motifs is 2. The van der Waals surface area contributed by atoms with Crippen molar-refractivity contribution in [3.05, 3.63) is 115 Å². The van der Waals surface area contributed by atoms with Crippen LogP contribution in [0.4, 0.5) is 4.39 Å². The maximum atomic E-state index is 15.3. The SMILES string of the molecule is Fc1cc2[nH]nc(-c3nc4nccc(-c5ccncc5)c4[nH]3)c2cc1-c1cncc(CNCc2ccccc2)c1. The molecule has 0 saturated carbocycles. The van der Waals surface area contributed by atoms with Crippen molar-refractivity contribution in [3.63, 3.8) is 0 Å². The van der Waals surface area contributed by atoms with Crippen LogP contribution in [0, 0.1) is 5.82 Å². The molecule has 40 heavy (non-hydrogen) atoms. The normalized spacial score (nSPS) is 11.4. The molecule has 0 radical (unpaired) electrons. The molecule has 0 saturated heterocycles. The second-order valence-electron chi connectivity index (χ2n) is 9.50. The highest BCUT2D eigenvalue weighted by atomic mass is 19.1. The quantitative estimate of drug-likeness (QED) is 0.233. The summed E-state index contributed by atoms with van der Waals surface area (Å²) in [7, 11) is 0. The number of rotatable bonds is 7. The van der Waals surface area contributed by atoms with Crippen LogP contribution in [0.2, 0.25) is 0 Å². The molecule has 0 aliphatic rings. The second-order valence-corrected chi connectivity index (χ2v) is 9.50. The number of hydrogen-bond donors (Lipinski definition) is 3. The lowest BCUT2D eigenvalue weighted by Gasteiger charge is -2.08. The number of nitrogens with one attached hydrogen (secondary N) is 3. The van der Waals surface area contributed by atoms with Crippen LogP contribution in [0.5, 0.6) is 0 Å². The maximum Gasteiger partial charge on any atom is 0.178 e. The van der Waals surface area contributed by atoms with Gasteiger partial charge in [0.25, 0.3) is 0 Å². The number of imidazole rings is 1. The van der Waals surface area contributed by atoms with Crippen LogP contribution in [0.25, 0.3) is 55.8 Å². The first-order valence-electron chi connectivity index (χ1n) is 12.8. The summed E-state index contributed by atoms with van der Waals surface area (Å²) in [6, 6.07) is 21.2. The Morgan fingerprint density at radius 3 is 2.50 bits per heavy atom. The maximum absolute atomic E-state index is 15.3. The number of aromatic amines is 2. The Labute approximate surface area is 228 Å². The van der Waals surface area contributed by atoms with Crippen molar-refractivity contribution in [2.24, 2.45) is 0 Å². The lowest BCUT2D eigenvalue weighted by atomic mass is 10.0. The summed E-state index contributed by atoms with van der Waals surface area (Å²) in [5.74, 6) is 0.190. The molecule has 7 aromatic rings. The van der Waals surface area contributed by atoms with Gasteiger partial charge in [0.2, 0.25) is 0 Å². The van der Waals surface area contributed by atoms with Crippen LogP contribution in [-0.2, 0) is 13.1 Å². The zero-order chi connectivity index (χ0) is 26.9. The zero-order valence-corrected chi connectivity index (χ0v) is 21.3. The summed E-state index contributed by atoms with van der Waals surface area (Å²) in [6.07, 6.45) is 8.70. The Morgan fingerprint density at radius 2 is 1.62 bits per heavy atom. The predicted molar refractivity (Wildman–Crippen MR) is 152 cm³/mol. The number of nitrogens with zero attached hydrogens (tertiary/aromatic N) is 5. The Kier molecular flexibility index (Phi) is 6.02. The minimum Gasteiger partial charge on any atom is -0.335 e. The van der Waals surface area contributed by atoms with Crippen molar-refractivity contribution in [1.82, 2.24) is 40.4 Å². The van der Waals surface area contributed by atoms with E-state index in [0.717, 1.165) is 34.1 Å². The van der Waals surface area contributed by atoms with Crippen LogP contribution in [0.15, 0.2) is 97.7 Å². The highest BCUT2D eigenvalue weighted by molar-refractivity contribution is 5.97. The van der Waals surface area contributed by atoms with Gasteiger partial charge < -0.3 is 10.3 Å². The molecule has 0 aliphatic heterocycles. The lowest BCUT2D eigenvalue weighted by Crippen LogP contribution is -2.12. The summed E-state index contributed by atoms with van der Waals surface area (Å²) < 4.78 is 15.3. The van der Waals surface area contributed by atoms with Gasteiger partial charge >= 0.3 is 0 Å². The Morgan fingerprint density at radius 1 is 0.775 bits per heavy atom. The van der Waals surface area contributed by atoms with Gasteiger partial charge in [0.1, 0.15) is 11.5 Å². The van der Waals surface area contributed by atoms with E-state index in [0.29, 0.717) is 40.4 Å². The molecule has 0 atom stereocenters. The minimum absolute atomic E-state index is 0.356. The highest BCUT2D eigenvalue weighted by Gasteiger charge is 2.18. The summed E-state index contributed by atoms with van der Waals surface area (Å²) >= 11 is 0. The van der Waals surface area contributed by atoms with Crippen molar-refractivity contribution in [1.29, 1.82) is 0 Å². The number of pyridine rings is 3. The molecule has 5 heterocycles. The number of hydrogen-bond acceptors (Lipinski definition) is 6. The van der Waals surface area contributed by atoms with E-state index in [2.05, 4.69) is 47.6 Å². The number of H-pyrrole nitrogens is 2. The molecule has 9 heteroatoms. The van der Waals surface area contributed by atoms with Crippen molar-refractivity contribution in [2.75, 3.05) is 0 Å². The molecule has 0 amide bonds. The minimum atomic E-state index is -0.356. The number of halogens is 1. The van der Waals surface area contributed by atoms with Gasteiger partial charge in [-0.2, -0.15) is 5.10 Å². The first-order chi connectivity index (χ1) is 19.7. The molecular weight excluding hydrogens is 503 g/mol. The molecule has 0 unspecified atom stereocenters. The molecule has 5 aromatic heterocycles. The second kappa shape index (κ2) is 10.1. The molecule has 0 aliphatic carbocycles. The molecule has 0 spiro atoms. The van der Waals surface area contributed by atoms with E-state index in [1.165, 1.54) is 11.6 Å². The van der Waals surface area contributed by atoms with E-state index < -0.39 is 0 Å². The Balaban J connectivity index is 1.23. The van der Waals surface area contributed by atoms with Gasteiger partial charge in [-0.3, -0.25) is 15.1 Å². The molecule has 2 aromatic carbocycles.